The zero-order chi connectivity index (χ0) is 14.7. The fourth-order valence-corrected chi connectivity index (χ4v) is 3.10. The lowest BCUT2D eigenvalue weighted by molar-refractivity contribution is 0.319. The zero-order valence-corrected chi connectivity index (χ0v) is 13.9. The van der Waals surface area contributed by atoms with Crippen molar-refractivity contribution >= 4 is 27.5 Å². The molecule has 0 saturated heterocycles. The highest BCUT2D eigenvalue weighted by Gasteiger charge is 2.12. The second-order valence-electron chi connectivity index (χ2n) is 5.02. The molecule has 0 unspecified atom stereocenters. The Hall–Kier alpha value is -1.19. The largest absolute Gasteiger partial charge is 0.493 e. The van der Waals surface area contributed by atoms with Gasteiger partial charge in [-0.15, -0.1) is 0 Å². The standard InChI is InChI=1S/C17H16BrClO2/c18-11-14-10-15(19)2-4-17(14)20-7-5-12-1-3-16-13(9-12)6-8-21-16/h1-4,9-10H,5-8,11H2. The molecule has 0 aliphatic carbocycles. The average Bonchev–Trinajstić information content (AvgIpc) is 2.96. The monoisotopic (exact) mass is 366 g/mol. The summed E-state index contributed by atoms with van der Waals surface area (Å²) in [6.07, 6.45) is 1.90. The highest BCUT2D eigenvalue weighted by Crippen LogP contribution is 2.27. The summed E-state index contributed by atoms with van der Waals surface area (Å²) in [5.41, 5.74) is 3.67. The summed E-state index contributed by atoms with van der Waals surface area (Å²) in [4.78, 5) is 0. The molecule has 0 atom stereocenters. The minimum absolute atomic E-state index is 0.654. The summed E-state index contributed by atoms with van der Waals surface area (Å²) < 4.78 is 11.4. The molecule has 3 rings (SSSR count). The minimum Gasteiger partial charge on any atom is -0.493 e. The third-order valence-electron chi connectivity index (χ3n) is 3.57. The maximum atomic E-state index is 5.99. The first-order chi connectivity index (χ1) is 10.3. The highest BCUT2D eigenvalue weighted by molar-refractivity contribution is 9.08. The molecular formula is C17H16BrClO2. The van der Waals surface area contributed by atoms with E-state index in [4.69, 9.17) is 21.1 Å². The van der Waals surface area contributed by atoms with E-state index in [2.05, 4.69) is 34.1 Å². The maximum Gasteiger partial charge on any atom is 0.123 e. The van der Waals surface area contributed by atoms with Crippen LogP contribution < -0.4 is 9.47 Å². The van der Waals surface area contributed by atoms with Gasteiger partial charge in [-0.1, -0.05) is 39.7 Å². The van der Waals surface area contributed by atoms with Gasteiger partial charge in [0, 0.05) is 28.8 Å². The molecular weight excluding hydrogens is 352 g/mol. The van der Waals surface area contributed by atoms with Gasteiger partial charge in [0.1, 0.15) is 11.5 Å². The van der Waals surface area contributed by atoms with Gasteiger partial charge in [-0.3, -0.25) is 0 Å². The van der Waals surface area contributed by atoms with E-state index in [0.717, 1.165) is 46.9 Å². The molecule has 21 heavy (non-hydrogen) atoms. The van der Waals surface area contributed by atoms with E-state index in [0.29, 0.717) is 6.61 Å². The Labute approximate surface area is 138 Å². The van der Waals surface area contributed by atoms with Gasteiger partial charge >= 0.3 is 0 Å². The van der Waals surface area contributed by atoms with Gasteiger partial charge in [-0.05, 0) is 35.4 Å². The average molecular weight is 368 g/mol. The lowest BCUT2D eigenvalue weighted by Crippen LogP contribution is -2.03. The van der Waals surface area contributed by atoms with Crippen LogP contribution in [0.5, 0.6) is 11.5 Å². The van der Waals surface area contributed by atoms with Crippen LogP contribution >= 0.6 is 27.5 Å². The Morgan fingerprint density at radius 1 is 1.19 bits per heavy atom. The summed E-state index contributed by atoms with van der Waals surface area (Å²) >= 11 is 9.45. The van der Waals surface area contributed by atoms with Crippen molar-refractivity contribution in [1.29, 1.82) is 0 Å². The van der Waals surface area contributed by atoms with Gasteiger partial charge in [0.05, 0.1) is 13.2 Å². The molecule has 4 heteroatoms. The van der Waals surface area contributed by atoms with Crippen molar-refractivity contribution in [3.8, 4) is 11.5 Å². The third-order valence-corrected chi connectivity index (χ3v) is 4.41. The van der Waals surface area contributed by atoms with Crippen molar-refractivity contribution in [2.45, 2.75) is 18.2 Å². The summed E-state index contributed by atoms with van der Waals surface area (Å²) in [5.74, 6) is 1.92. The first-order valence-electron chi connectivity index (χ1n) is 6.98. The van der Waals surface area contributed by atoms with Gasteiger partial charge in [0.15, 0.2) is 0 Å². The zero-order valence-electron chi connectivity index (χ0n) is 11.6. The lowest BCUT2D eigenvalue weighted by Gasteiger charge is -2.11. The number of ether oxygens (including phenoxy) is 2. The number of hydrogen-bond donors (Lipinski definition) is 0. The number of halogens is 2. The Bertz CT molecular complexity index is 643. The fourth-order valence-electron chi connectivity index (χ4n) is 2.47. The summed E-state index contributed by atoms with van der Waals surface area (Å²) in [6, 6.07) is 12.1. The molecule has 0 aromatic heterocycles. The number of fused-ring (bicyclic) bond motifs is 1. The van der Waals surface area contributed by atoms with Gasteiger partial charge < -0.3 is 9.47 Å². The number of rotatable bonds is 5. The second-order valence-corrected chi connectivity index (χ2v) is 6.02. The van der Waals surface area contributed by atoms with Crippen LogP contribution in [0.3, 0.4) is 0 Å². The maximum absolute atomic E-state index is 5.99. The van der Waals surface area contributed by atoms with Gasteiger partial charge in [-0.2, -0.15) is 0 Å². The SMILES string of the molecule is Clc1ccc(OCCc2ccc3c(c2)CCO3)c(CBr)c1. The molecule has 0 saturated carbocycles. The Morgan fingerprint density at radius 2 is 2.10 bits per heavy atom. The highest BCUT2D eigenvalue weighted by atomic mass is 79.9. The molecule has 110 valence electrons. The van der Waals surface area contributed by atoms with E-state index in [9.17, 15) is 0 Å². The van der Waals surface area contributed by atoms with Gasteiger partial charge in [0.25, 0.3) is 0 Å². The molecule has 0 bridgehead atoms. The van der Waals surface area contributed by atoms with Crippen LogP contribution in [0.25, 0.3) is 0 Å². The predicted octanol–water partition coefficient (Wildman–Crippen LogP) is 4.79. The quantitative estimate of drug-likeness (QED) is 0.707. The van der Waals surface area contributed by atoms with Gasteiger partial charge in [-0.25, -0.2) is 0 Å². The smallest absolute Gasteiger partial charge is 0.123 e. The first-order valence-corrected chi connectivity index (χ1v) is 8.48. The molecule has 2 aromatic carbocycles. The normalized spacial score (nSPS) is 12.9. The topological polar surface area (TPSA) is 18.5 Å². The van der Waals surface area contributed by atoms with Crippen molar-refractivity contribution in [3.05, 3.63) is 58.1 Å². The molecule has 0 radical (unpaired) electrons. The molecule has 1 aliphatic heterocycles. The van der Waals surface area contributed by atoms with Crippen LogP contribution in [0.2, 0.25) is 5.02 Å². The van der Waals surface area contributed by atoms with E-state index >= 15 is 0 Å². The van der Waals surface area contributed by atoms with E-state index < -0.39 is 0 Å². The van der Waals surface area contributed by atoms with Crippen LogP contribution in [-0.2, 0) is 18.2 Å². The van der Waals surface area contributed by atoms with Crippen LogP contribution in [0.15, 0.2) is 36.4 Å². The Morgan fingerprint density at radius 3 is 2.95 bits per heavy atom. The number of benzene rings is 2. The number of hydrogen-bond acceptors (Lipinski definition) is 2. The first kappa shape index (κ1) is 14.7. The second kappa shape index (κ2) is 6.71. The molecule has 0 amide bonds. The molecule has 0 spiro atoms. The molecule has 0 fully saturated rings. The molecule has 2 nitrogen and oxygen atoms in total. The van der Waals surface area contributed by atoms with E-state index in [1.807, 2.05) is 18.2 Å². The van der Waals surface area contributed by atoms with Crippen molar-refractivity contribution in [1.82, 2.24) is 0 Å². The van der Waals surface area contributed by atoms with Crippen molar-refractivity contribution in [2.24, 2.45) is 0 Å². The molecule has 1 aliphatic rings. The van der Waals surface area contributed by atoms with E-state index in [1.54, 1.807) is 0 Å². The van der Waals surface area contributed by atoms with Crippen LogP contribution in [0.4, 0.5) is 0 Å². The molecule has 2 aromatic rings. The third kappa shape index (κ3) is 3.53. The molecule has 1 heterocycles. The van der Waals surface area contributed by atoms with Crippen molar-refractivity contribution in [2.75, 3.05) is 13.2 Å². The van der Waals surface area contributed by atoms with Crippen LogP contribution in [0, 0.1) is 0 Å². The van der Waals surface area contributed by atoms with Gasteiger partial charge in [0.2, 0.25) is 0 Å². The van der Waals surface area contributed by atoms with Crippen LogP contribution in [-0.4, -0.2) is 13.2 Å². The fraction of sp³-hybridized carbons (Fsp3) is 0.294. The van der Waals surface area contributed by atoms with E-state index in [-0.39, 0.29) is 0 Å². The Balaban J connectivity index is 1.61. The molecule has 0 N–H and O–H groups in total. The lowest BCUT2D eigenvalue weighted by atomic mass is 10.1. The Kier molecular flexibility index (Phi) is 4.71. The van der Waals surface area contributed by atoms with Crippen molar-refractivity contribution < 1.29 is 9.47 Å². The number of alkyl halides is 1. The van der Waals surface area contributed by atoms with E-state index in [1.165, 1.54) is 11.1 Å². The van der Waals surface area contributed by atoms with Crippen LogP contribution in [0.1, 0.15) is 16.7 Å². The summed E-state index contributed by atoms with van der Waals surface area (Å²) in [7, 11) is 0. The minimum atomic E-state index is 0.654. The van der Waals surface area contributed by atoms with Crippen molar-refractivity contribution in [3.63, 3.8) is 0 Å². The predicted molar refractivity (Wildman–Crippen MR) is 88.9 cm³/mol. The summed E-state index contributed by atoms with van der Waals surface area (Å²) in [6.45, 7) is 1.45. The summed E-state index contributed by atoms with van der Waals surface area (Å²) in [5, 5.41) is 1.47.